The molecule has 11 heteroatoms. The third kappa shape index (κ3) is 4.58. The molecule has 0 aliphatic rings. The number of sulfonamides is 1. The van der Waals surface area contributed by atoms with E-state index in [1.807, 2.05) is 0 Å². The molecule has 0 saturated carbocycles. The van der Waals surface area contributed by atoms with Crippen molar-refractivity contribution in [3.05, 3.63) is 42.0 Å². The van der Waals surface area contributed by atoms with Crippen molar-refractivity contribution in [1.82, 2.24) is 14.7 Å². The normalized spacial score (nSPS) is 11.5. The smallest absolute Gasteiger partial charge is 0.269 e. The number of carbonyl (C=O) groups excluding carboxylic acids is 1. The molecule has 0 spiro atoms. The summed E-state index contributed by atoms with van der Waals surface area (Å²) >= 11 is 1.30. The summed E-state index contributed by atoms with van der Waals surface area (Å²) in [5.41, 5.74) is 6.29. The van der Waals surface area contributed by atoms with Gasteiger partial charge in [0.15, 0.2) is 0 Å². The molecule has 3 aromatic rings. The lowest BCUT2D eigenvalue weighted by atomic mass is 10.2. The number of aromatic nitrogens is 1. The maximum Gasteiger partial charge on any atom is 0.269 e. The average molecular weight is 465 g/mol. The van der Waals surface area contributed by atoms with E-state index in [0.717, 1.165) is 4.70 Å². The summed E-state index contributed by atoms with van der Waals surface area (Å²) in [7, 11) is -0.449. The van der Waals surface area contributed by atoms with E-state index in [9.17, 15) is 13.2 Å². The number of fused-ring (bicyclic) bond motifs is 1. The SMILES string of the molecule is CCN(CC)S(=O)(=O)c1ccc(C(=O)NNc2nc3c(OC)ccc(OC)c3s2)cc1. The fourth-order valence-corrected chi connectivity index (χ4v) is 5.40. The van der Waals surface area contributed by atoms with Gasteiger partial charge >= 0.3 is 0 Å². The number of rotatable bonds is 9. The molecule has 3 rings (SSSR count). The minimum absolute atomic E-state index is 0.145. The average Bonchev–Trinajstić information content (AvgIpc) is 3.22. The van der Waals surface area contributed by atoms with Crippen molar-refractivity contribution in [2.45, 2.75) is 18.7 Å². The Morgan fingerprint density at radius 1 is 1.03 bits per heavy atom. The van der Waals surface area contributed by atoms with Crippen molar-refractivity contribution in [1.29, 1.82) is 0 Å². The highest BCUT2D eigenvalue weighted by Crippen LogP contribution is 2.38. The molecular formula is C20H24N4O5S2. The van der Waals surface area contributed by atoms with Gasteiger partial charge in [-0.05, 0) is 36.4 Å². The van der Waals surface area contributed by atoms with Crippen LogP contribution >= 0.6 is 11.3 Å². The van der Waals surface area contributed by atoms with Crippen LogP contribution in [0.4, 0.5) is 5.13 Å². The molecule has 0 aliphatic carbocycles. The van der Waals surface area contributed by atoms with Crippen molar-refractivity contribution >= 4 is 42.6 Å². The quantitative estimate of drug-likeness (QED) is 0.468. The molecule has 1 amide bonds. The van der Waals surface area contributed by atoms with E-state index in [1.165, 1.54) is 39.9 Å². The van der Waals surface area contributed by atoms with Crippen LogP contribution in [-0.4, -0.2) is 50.9 Å². The number of hydrogen-bond acceptors (Lipinski definition) is 8. The first-order valence-electron chi connectivity index (χ1n) is 9.53. The standard InChI is InChI=1S/C20H24N4O5S2/c1-5-24(6-2)31(26,27)14-9-7-13(8-10-14)19(25)22-23-20-21-17-15(28-3)11-12-16(29-4)18(17)30-20/h7-12H,5-6H2,1-4H3,(H,21,23)(H,22,25). The number of methoxy groups -OCH3 is 2. The predicted octanol–water partition coefficient (Wildman–Crippen LogP) is 3.10. The second-order valence-corrected chi connectivity index (χ2v) is 9.30. The molecule has 1 aromatic heterocycles. The van der Waals surface area contributed by atoms with Crippen LogP contribution in [0.3, 0.4) is 0 Å². The first kappa shape index (κ1) is 22.8. The Labute approximate surface area is 185 Å². The zero-order chi connectivity index (χ0) is 22.6. The van der Waals surface area contributed by atoms with Gasteiger partial charge in [0.2, 0.25) is 15.2 Å². The molecule has 0 bridgehead atoms. The van der Waals surface area contributed by atoms with E-state index in [1.54, 1.807) is 40.2 Å². The highest BCUT2D eigenvalue weighted by atomic mass is 32.2. The third-order valence-electron chi connectivity index (χ3n) is 4.65. The summed E-state index contributed by atoms with van der Waals surface area (Å²) in [6.07, 6.45) is 0. The molecule has 0 aliphatic heterocycles. The number of nitrogens with zero attached hydrogens (tertiary/aromatic N) is 2. The van der Waals surface area contributed by atoms with E-state index in [0.29, 0.717) is 40.8 Å². The van der Waals surface area contributed by atoms with E-state index in [2.05, 4.69) is 15.8 Å². The minimum atomic E-state index is -3.57. The molecule has 166 valence electrons. The van der Waals surface area contributed by atoms with Gasteiger partial charge in [-0.25, -0.2) is 13.4 Å². The van der Waals surface area contributed by atoms with Crippen molar-refractivity contribution in [2.75, 3.05) is 32.7 Å². The van der Waals surface area contributed by atoms with Gasteiger partial charge in [-0.1, -0.05) is 25.2 Å². The Hall–Kier alpha value is -2.89. The first-order chi connectivity index (χ1) is 14.8. The van der Waals surface area contributed by atoms with Gasteiger partial charge in [0, 0.05) is 18.7 Å². The van der Waals surface area contributed by atoms with Crippen LogP contribution in [0.1, 0.15) is 24.2 Å². The molecule has 0 saturated heterocycles. The number of benzene rings is 2. The Morgan fingerprint density at radius 3 is 2.23 bits per heavy atom. The predicted molar refractivity (Wildman–Crippen MR) is 120 cm³/mol. The Morgan fingerprint density at radius 2 is 1.65 bits per heavy atom. The van der Waals surface area contributed by atoms with Crippen molar-refractivity contribution in [2.24, 2.45) is 0 Å². The topological polar surface area (TPSA) is 110 Å². The Balaban J connectivity index is 1.74. The molecule has 31 heavy (non-hydrogen) atoms. The van der Waals surface area contributed by atoms with Crippen molar-refractivity contribution in [3.63, 3.8) is 0 Å². The van der Waals surface area contributed by atoms with Gasteiger partial charge in [-0.3, -0.25) is 15.6 Å². The fourth-order valence-electron chi connectivity index (χ4n) is 3.01. The number of carbonyl (C=O) groups is 1. The van der Waals surface area contributed by atoms with Gasteiger partial charge in [0.1, 0.15) is 21.7 Å². The van der Waals surface area contributed by atoms with Gasteiger partial charge in [0.25, 0.3) is 5.91 Å². The number of ether oxygens (including phenoxy) is 2. The number of amides is 1. The zero-order valence-corrected chi connectivity index (χ0v) is 19.3. The summed E-state index contributed by atoms with van der Waals surface area (Å²) in [5, 5.41) is 0.451. The fraction of sp³-hybridized carbons (Fsp3) is 0.300. The van der Waals surface area contributed by atoms with Crippen LogP contribution in [0.5, 0.6) is 11.5 Å². The van der Waals surface area contributed by atoms with Gasteiger partial charge in [-0.2, -0.15) is 4.31 Å². The number of nitrogens with one attached hydrogen (secondary N) is 2. The monoisotopic (exact) mass is 464 g/mol. The lowest BCUT2D eigenvalue weighted by Crippen LogP contribution is -2.31. The summed E-state index contributed by atoms with van der Waals surface area (Å²) in [6.45, 7) is 4.31. The van der Waals surface area contributed by atoms with E-state index >= 15 is 0 Å². The molecular weight excluding hydrogens is 440 g/mol. The third-order valence-corrected chi connectivity index (χ3v) is 7.70. The maximum atomic E-state index is 12.6. The maximum absolute atomic E-state index is 12.6. The molecule has 1 heterocycles. The van der Waals surface area contributed by atoms with E-state index in [-0.39, 0.29) is 4.90 Å². The van der Waals surface area contributed by atoms with Crippen LogP contribution in [0.15, 0.2) is 41.3 Å². The highest BCUT2D eigenvalue weighted by molar-refractivity contribution is 7.89. The summed E-state index contributed by atoms with van der Waals surface area (Å²) < 4.78 is 37.9. The number of anilines is 1. The lowest BCUT2D eigenvalue weighted by molar-refractivity contribution is 0.0962. The first-order valence-corrected chi connectivity index (χ1v) is 11.8. The second kappa shape index (κ2) is 9.50. The molecule has 0 radical (unpaired) electrons. The molecule has 2 aromatic carbocycles. The van der Waals surface area contributed by atoms with Gasteiger partial charge < -0.3 is 9.47 Å². The lowest BCUT2D eigenvalue weighted by Gasteiger charge is -2.18. The van der Waals surface area contributed by atoms with E-state index in [4.69, 9.17) is 9.47 Å². The van der Waals surface area contributed by atoms with Crippen LogP contribution in [0.25, 0.3) is 10.2 Å². The molecule has 0 fully saturated rings. The second-order valence-electron chi connectivity index (χ2n) is 6.36. The van der Waals surface area contributed by atoms with Gasteiger partial charge in [-0.15, -0.1) is 0 Å². The molecule has 0 atom stereocenters. The number of hydrazine groups is 1. The number of thiazole rings is 1. The zero-order valence-electron chi connectivity index (χ0n) is 17.6. The van der Waals surface area contributed by atoms with Crippen LogP contribution in [0, 0.1) is 0 Å². The van der Waals surface area contributed by atoms with Crippen molar-refractivity contribution < 1.29 is 22.7 Å². The minimum Gasteiger partial charge on any atom is -0.495 e. The molecule has 2 N–H and O–H groups in total. The van der Waals surface area contributed by atoms with Gasteiger partial charge in [0.05, 0.1) is 19.1 Å². The molecule has 0 unspecified atom stereocenters. The number of hydrogen-bond donors (Lipinski definition) is 2. The van der Waals surface area contributed by atoms with Crippen LogP contribution in [0.2, 0.25) is 0 Å². The highest BCUT2D eigenvalue weighted by Gasteiger charge is 2.21. The summed E-state index contributed by atoms with van der Waals surface area (Å²) in [4.78, 5) is 17.1. The largest absolute Gasteiger partial charge is 0.495 e. The van der Waals surface area contributed by atoms with Crippen molar-refractivity contribution in [3.8, 4) is 11.5 Å². The van der Waals surface area contributed by atoms with Crippen LogP contribution in [-0.2, 0) is 10.0 Å². The Bertz CT molecular complexity index is 1130. The van der Waals surface area contributed by atoms with Crippen LogP contribution < -0.4 is 20.3 Å². The molecule has 9 nitrogen and oxygen atoms in total. The summed E-state index contributed by atoms with van der Waals surface area (Å²) in [5.74, 6) is 0.819. The van der Waals surface area contributed by atoms with E-state index < -0.39 is 15.9 Å². The Kier molecular flexibility index (Phi) is 6.98. The summed E-state index contributed by atoms with van der Waals surface area (Å²) in [6, 6.07) is 9.34.